The van der Waals surface area contributed by atoms with Gasteiger partial charge < -0.3 is 5.32 Å². The van der Waals surface area contributed by atoms with Crippen molar-refractivity contribution in [2.45, 2.75) is 12.3 Å². The van der Waals surface area contributed by atoms with Crippen LogP contribution in [0.25, 0.3) is 0 Å². The predicted octanol–water partition coefficient (Wildman–Crippen LogP) is 2.16. The largest absolute Gasteiger partial charge is 0.311 e. The molecule has 2 heterocycles. The van der Waals surface area contributed by atoms with E-state index in [1.807, 2.05) is 0 Å². The first-order valence-corrected chi connectivity index (χ1v) is 5.43. The van der Waals surface area contributed by atoms with Crippen LogP contribution in [0.4, 0.5) is 14.6 Å². The molecule has 0 fully saturated rings. The number of hydrogen-bond acceptors (Lipinski definition) is 2. The van der Waals surface area contributed by atoms with Crippen molar-refractivity contribution in [3.05, 3.63) is 47.2 Å². The third-order valence-corrected chi connectivity index (χ3v) is 3.04. The number of H-pyrrole nitrogens is 1. The number of amides is 1. The van der Waals surface area contributed by atoms with E-state index in [0.29, 0.717) is 11.4 Å². The second-order valence-corrected chi connectivity index (χ2v) is 4.18. The van der Waals surface area contributed by atoms with Crippen LogP contribution >= 0.6 is 0 Å². The van der Waals surface area contributed by atoms with E-state index >= 15 is 0 Å². The average Bonchev–Trinajstić information content (AvgIpc) is 2.79. The number of nitrogens with zero attached hydrogens (tertiary/aromatic N) is 1. The molecule has 0 bridgehead atoms. The minimum absolute atomic E-state index is 0.179. The molecule has 0 radical (unpaired) electrons. The van der Waals surface area contributed by atoms with Gasteiger partial charge in [-0.25, -0.2) is 8.78 Å². The van der Waals surface area contributed by atoms with Crippen LogP contribution in [-0.4, -0.2) is 16.1 Å². The molecular weight excluding hydrogens is 240 g/mol. The molecule has 2 N–H and O–H groups in total. The Morgan fingerprint density at radius 3 is 2.89 bits per heavy atom. The highest BCUT2D eigenvalue weighted by Crippen LogP contribution is 2.35. The molecule has 1 aromatic carbocycles. The fourth-order valence-corrected chi connectivity index (χ4v) is 2.17. The Morgan fingerprint density at radius 2 is 2.11 bits per heavy atom. The molecule has 18 heavy (non-hydrogen) atoms. The number of nitrogens with one attached hydrogen (secondary N) is 2. The summed E-state index contributed by atoms with van der Waals surface area (Å²) in [5.41, 5.74) is 1.34. The number of aromatic amines is 1. The molecule has 0 saturated carbocycles. The van der Waals surface area contributed by atoms with Crippen LogP contribution in [-0.2, 0) is 4.79 Å². The summed E-state index contributed by atoms with van der Waals surface area (Å²) in [4.78, 5) is 11.5. The lowest BCUT2D eigenvalue weighted by Crippen LogP contribution is -2.23. The van der Waals surface area contributed by atoms with Gasteiger partial charge in [-0.3, -0.25) is 9.89 Å². The fraction of sp³-hybridized carbons (Fsp3) is 0.167. The maximum absolute atomic E-state index is 13.2. The van der Waals surface area contributed by atoms with E-state index < -0.39 is 11.6 Å². The average molecular weight is 249 g/mol. The third kappa shape index (κ3) is 1.66. The molecule has 0 spiro atoms. The highest BCUT2D eigenvalue weighted by molar-refractivity contribution is 5.94. The maximum atomic E-state index is 13.2. The molecule has 1 aliphatic heterocycles. The van der Waals surface area contributed by atoms with Gasteiger partial charge in [-0.05, 0) is 17.7 Å². The predicted molar refractivity (Wildman–Crippen MR) is 60.0 cm³/mol. The first-order valence-electron chi connectivity index (χ1n) is 5.43. The van der Waals surface area contributed by atoms with E-state index in [1.165, 1.54) is 6.07 Å². The number of aromatic nitrogens is 2. The van der Waals surface area contributed by atoms with E-state index in [-0.39, 0.29) is 18.2 Å². The smallest absolute Gasteiger partial charge is 0.226 e. The minimum Gasteiger partial charge on any atom is -0.311 e. The van der Waals surface area contributed by atoms with E-state index in [9.17, 15) is 13.6 Å². The molecule has 3 rings (SSSR count). The van der Waals surface area contributed by atoms with Crippen molar-refractivity contribution in [1.82, 2.24) is 10.2 Å². The molecule has 1 aromatic heterocycles. The van der Waals surface area contributed by atoms with Crippen molar-refractivity contribution in [3.63, 3.8) is 0 Å². The van der Waals surface area contributed by atoms with Gasteiger partial charge >= 0.3 is 0 Å². The molecule has 0 saturated heterocycles. The van der Waals surface area contributed by atoms with E-state index in [4.69, 9.17) is 0 Å². The molecule has 6 heteroatoms. The monoisotopic (exact) mass is 249 g/mol. The lowest BCUT2D eigenvalue weighted by Gasteiger charge is -2.22. The van der Waals surface area contributed by atoms with Gasteiger partial charge in [0, 0.05) is 17.9 Å². The Bertz CT molecular complexity index is 624. The van der Waals surface area contributed by atoms with Crippen LogP contribution < -0.4 is 5.32 Å². The van der Waals surface area contributed by atoms with E-state index in [1.54, 1.807) is 6.20 Å². The molecular formula is C12H9F2N3O. The SMILES string of the molecule is O=C1C[C@H](c2ccc(F)c(F)c2)c2cn[nH]c2N1. The highest BCUT2D eigenvalue weighted by Gasteiger charge is 2.28. The number of benzene rings is 1. The number of carbonyl (C=O) groups is 1. The Morgan fingerprint density at radius 1 is 1.28 bits per heavy atom. The second kappa shape index (κ2) is 3.90. The molecule has 1 atom stereocenters. The zero-order chi connectivity index (χ0) is 12.7. The summed E-state index contributed by atoms with van der Waals surface area (Å²) in [6, 6.07) is 3.67. The molecule has 1 amide bonds. The second-order valence-electron chi connectivity index (χ2n) is 4.18. The Hall–Kier alpha value is -2.24. The molecule has 0 unspecified atom stereocenters. The fourth-order valence-electron chi connectivity index (χ4n) is 2.17. The van der Waals surface area contributed by atoms with Crippen LogP contribution in [0.2, 0.25) is 0 Å². The van der Waals surface area contributed by atoms with Gasteiger partial charge in [-0.1, -0.05) is 6.07 Å². The maximum Gasteiger partial charge on any atom is 0.226 e. The molecule has 2 aromatic rings. The molecule has 4 nitrogen and oxygen atoms in total. The molecule has 0 aliphatic carbocycles. The highest BCUT2D eigenvalue weighted by atomic mass is 19.2. The van der Waals surface area contributed by atoms with Crippen molar-refractivity contribution in [2.24, 2.45) is 0 Å². The van der Waals surface area contributed by atoms with Crippen molar-refractivity contribution in [2.75, 3.05) is 5.32 Å². The summed E-state index contributed by atoms with van der Waals surface area (Å²) in [7, 11) is 0. The van der Waals surface area contributed by atoms with Gasteiger partial charge in [0.25, 0.3) is 0 Å². The number of carbonyl (C=O) groups excluding carboxylic acids is 1. The van der Waals surface area contributed by atoms with E-state index in [2.05, 4.69) is 15.5 Å². The number of hydrogen-bond donors (Lipinski definition) is 2. The first kappa shape index (κ1) is 10.9. The van der Waals surface area contributed by atoms with Crippen LogP contribution in [0.1, 0.15) is 23.5 Å². The quantitative estimate of drug-likeness (QED) is 0.813. The van der Waals surface area contributed by atoms with Crippen LogP contribution in [0.15, 0.2) is 24.4 Å². The third-order valence-electron chi connectivity index (χ3n) is 3.04. The van der Waals surface area contributed by atoms with Crippen molar-refractivity contribution in [3.8, 4) is 0 Å². The van der Waals surface area contributed by atoms with Crippen LogP contribution in [0.5, 0.6) is 0 Å². The minimum atomic E-state index is -0.913. The Kier molecular flexibility index (Phi) is 2.36. The number of halogens is 2. The van der Waals surface area contributed by atoms with Crippen molar-refractivity contribution in [1.29, 1.82) is 0 Å². The number of rotatable bonds is 1. The van der Waals surface area contributed by atoms with Crippen LogP contribution in [0.3, 0.4) is 0 Å². The zero-order valence-electron chi connectivity index (χ0n) is 9.21. The lowest BCUT2D eigenvalue weighted by atomic mass is 9.87. The summed E-state index contributed by atoms with van der Waals surface area (Å²) in [5, 5.41) is 9.15. The van der Waals surface area contributed by atoms with Gasteiger partial charge in [0.1, 0.15) is 5.82 Å². The van der Waals surface area contributed by atoms with Gasteiger partial charge in [-0.2, -0.15) is 5.10 Å². The summed E-state index contributed by atoms with van der Waals surface area (Å²) < 4.78 is 26.1. The normalized spacial score (nSPS) is 18.3. The first-order chi connectivity index (χ1) is 8.65. The lowest BCUT2D eigenvalue weighted by molar-refractivity contribution is -0.116. The summed E-state index contributed by atoms with van der Waals surface area (Å²) in [5.74, 6) is -1.78. The summed E-state index contributed by atoms with van der Waals surface area (Å²) in [6.07, 6.45) is 1.78. The molecule has 1 aliphatic rings. The van der Waals surface area contributed by atoms with Gasteiger partial charge in [0.15, 0.2) is 11.6 Å². The van der Waals surface area contributed by atoms with Crippen molar-refractivity contribution >= 4 is 11.7 Å². The topological polar surface area (TPSA) is 57.8 Å². The van der Waals surface area contributed by atoms with Gasteiger partial charge in [-0.15, -0.1) is 0 Å². The number of fused-ring (bicyclic) bond motifs is 1. The van der Waals surface area contributed by atoms with Gasteiger partial charge in [0.2, 0.25) is 5.91 Å². The van der Waals surface area contributed by atoms with E-state index in [0.717, 1.165) is 17.7 Å². The summed E-state index contributed by atoms with van der Waals surface area (Å²) >= 11 is 0. The zero-order valence-corrected chi connectivity index (χ0v) is 9.21. The Balaban J connectivity index is 2.07. The standard InChI is InChI=1S/C12H9F2N3O/c13-9-2-1-6(3-10(9)14)7-4-11(18)16-12-8(7)5-15-17-12/h1-3,5,7H,4H2,(H2,15,16,17,18)/t7-/m1/s1. The summed E-state index contributed by atoms with van der Waals surface area (Å²) in [6.45, 7) is 0. The Labute approximate surface area is 101 Å². The molecule has 92 valence electrons. The van der Waals surface area contributed by atoms with Crippen LogP contribution in [0, 0.1) is 11.6 Å². The number of anilines is 1. The van der Waals surface area contributed by atoms with Gasteiger partial charge in [0.05, 0.1) is 6.20 Å². The van der Waals surface area contributed by atoms with Crippen molar-refractivity contribution < 1.29 is 13.6 Å².